The van der Waals surface area contributed by atoms with Crippen molar-refractivity contribution in [1.82, 2.24) is 4.31 Å². The van der Waals surface area contributed by atoms with Crippen LogP contribution in [0.1, 0.15) is 42.6 Å². The number of carbonyl (C=O) groups excluding carboxylic acids is 3. The highest BCUT2D eigenvalue weighted by molar-refractivity contribution is 7.89. The Bertz CT molecular complexity index is 1290. The fourth-order valence-electron chi connectivity index (χ4n) is 4.28. The predicted octanol–water partition coefficient (Wildman–Crippen LogP) is 2.93. The Labute approximate surface area is 210 Å². The zero-order valence-electron chi connectivity index (χ0n) is 20.4. The number of benzene rings is 2. The summed E-state index contributed by atoms with van der Waals surface area (Å²) in [5.74, 6) is -1.27. The molecule has 2 atom stereocenters. The third-order valence-electron chi connectivity index (χ3n) is 6.24. The first-order valence-electron chi connectivity index (χ1n) is 11.8. The molecule has 2 aromatic rings. The maximum absolute atomic E-state index is 13.5. The van der Waals surface area contributed by atoms with Crippen LogP contribution in [0.5, 0.6) is 5.75 Å². The lowest BCUT2D eigenvalue weighted by molar-refractivity contribution is -0.123. The van der Waals surface area contributed by atoms with Gasteiger partial charge in [0.05, 0.1) is 28.7 Å². The molecule has 2 aromatic carbocycles. The summed E-state index contributed by atoms with van der Waals surface area (Å²) >= 11 is 0. The van der Waals surface area contributed by atoms with Crippen LogP contribution in [0.3, 0.4) is 0 Å². The van der Waals surface area contributed by atoms with Crippen molar-refractivity contribution in [1.29, 1.82) is 0 Å². The summed E-state index contributed by atoms with van der Waals surface area (Å²) in [7, 11) is -3.91. The van der Waals surface area contributed by atoms with Gasteiger partial charge < -0.3 is 20.1 Å². The molecule has 2 aliphatic rings. The van der Waals surface area contributed by atoms with Gasteiger partial charge >= 0.3 is 5.97 Å². The largest absolute Gasteiger partial charge is 0.479 e. The van der Waals surface area contributed by atoms with Gasteiger partial charge in [0.1, 0.15) is 5.75 Å². The molecule has 2 heterocycles. The first-order valence-corrected chi connectivity index (χ1v) is 13.2. The maximum Gasteiger partial charge on any atom is 0.338 e. The van der Waals surface area contributed by atoms with E-state index in [9.17, 15) is 22.8 Å². The number of amides is 2. The molecule has 4 rings (SSSR count). The van der Waals surface area contributed by atoms with Crippen molar-refractivity contribution in [2.24, 2.45) is 5.92 Å². The van der Waals surface area contributed by atoms with E-state index in [0.29, 0.717) is 47.6 Å². The van der Waals surface area contributed by atoms with Gasteiger partial charge in [-0.1, -0.05) is 0 Å². The van der Waals surface area contributed by atoms with Crippen molar-refractivity contribution in [3.8, 4) is 5.75 Å². The van der Waals surface area contributed by atoms with Crippen LogP contribution in [0.2, 0.25) is 0 Å². The second kappa shape index (κ2) is 10.3. The molecule has 0 aliphatic carbocycles. The average Bonchev–Trinajstić information content (AvgIpc) is 2.85. The molecule has 0 aromatic heterocycles. The summed E-state index contributed by atoms with van der Waals surface area (Å²) < 4.78 is 38.9. The molecule has 11 heteroatoms. The number of nitrogens with zero attached hydrogens (tertiary/aromatic N) is 1. The quantitative estimate of drug-likeness (QED) is 0.566. The van der Waals surface area contributed by atoms with Gasteiger partial charge in [-0.15, -0.1) is 0 Å². The molecule has 0 bridgehead atoms. The van der Waals surface area contributed by atoms with E-state index in [1.807, 2.05) is 0 Å². The van der Waals surface area contributed by atoms with Crippen LogP contribution in [0.4, 0.5) is 11.4 Å². The van der Waals surface area contributed by atoms with Crippen LogP contribution in [-0.4, -0.2) is 56.3 Å². The number of nitrogens with one attached hydrogen (secondary N) is 2. The molecule has 10 nitrogen and oxygen atoms in total. The highest BCUT2D eigenvalue weighted by Gasteiger charge is 2.35. The van der Waals surface area contributed by atoms with Crippen molar-refractivity contribution < 1.29 is 32.3 Å². The van der Waals surface area contributed by atoms with Crippen molar-refractivity contribution in [3.05, 3.63) is 47.5 Å². The van der Waals surface area contributed by atoms with Crippen LogP contribution in [0.25, 0.3) is 0 Å². The summed E-state index contributed by atoms with van der Waals surface area (Å²) in [4.78, 5) is 36.7. The van der Waals surface area contributed by atoms with Gasteiger partial charge in [0.2, 0.25) is 15.9 Å². The highest BCUT2D eigenvalue weighted by atomic mass is 32.2. The number of hydrogen-bond acceptors (Lipinski definition) is 7. The fourth-order valence-corrected chi connectivity index (χ4v) is 6.03. The zero-order valence-corrected chi connectivity index (χ0v) is 21.2. The maximum atomic E-state index is 13.5. The zero-order chi connectivity index (χ0) is 26.0. The molecule has 0 saturated carbocycles. The Morgan fingerprint density at radius 1 is 1.22 bits per heavy atom. The van der Waals surface area contributed by atoms with Gasteiger partial charge in [-0.25, -0.2) is 13.2 Å². The summed E-state index contributed by atoms with van der Waals surface area (Å²) in [6.07, 6.45) is 0.353. The normalized spacial score (nSPS) is 20.0. The van der Waals surface area contributed by atoms with E-state index in [1.54, 1.807) is 51.1 Å². The Hall–Kier alpha value is -3.44. The minimum absolute atomic E-state index is 0.0413. The fraction of sp³-hybridized carbons (Fsp3) is 0.400. The first-order chi connectivity index (χ1) is 17.1. The third-order valence-corrected chi connectivity index (χ3v) is 8.25. The van der Waals surface area contributed by atoms with Crippen LogP contribution in [-0.2, 0) is 24.3 Å². The lowest BCUT2D eigenvalue weighted by Gasteiger charge is -2.32. The SMILES string of the molecule is CCOC(=O)c1ccc(NC(=O)[C@H]2CCCN(S(=O)(=O)c3cc4c(cc3C)NC(=O)[C@H](C)O4)C2)cc1. The van der Waals surface area contributed by atoms with E-state index in [2.05, 4.69) is 10.6 Å². The van der Waals surface area contributed by atoms with Crippen LogP contribution >= 0.6 is 0 Å². The van der Waals surface area contributed by atoms with Crippen molar-refractivity contribution in [3.63, 3.8) is 0 Å². The molecule has 2 aliphatic heterocycles. The number of fused-ring (bicyclic) bond motifs is 1. The standard InChI is InChI=1S/C25H29N3O7S/c1-4-34-25(31)17-7-9-19(10-8-17)26-24(30)18-6-5-11-28(14-18)36(32,33)22-13-21-20(12-15(22)2)27-23(29)16(3)35-21/h7-10,12-13,16,18H,4-6,11,14H2,1-3H3,(H,26,30)(H,27,29)/t16-,18-/m0/s1. The molecule has 36 heavy (non-hydrogen) atoms. The number of esters is 1. The minimum atomic E-state index is -3.91. The first kappa shape index (κ1) is 25.6. The van der Waals surface area contributed by atoms with Crippen LogP contribution in [0.15, 0.2) is 41.3 Å². The molecule has 192 valence electrons. The van der Waals surface area contributed by atoms with Gasteiger partial charge in [0.15, 0.2) is 6.10 Å². The molecular formula is C25H29N3O7S. The predicted molar refractivity (Wildman–Crippen MR) is 132 cm³/mol. The Morgan fingerprint density at radius 2 is 1.94 bits per heavy atom. The third kappa shape index (κ3) is 5.21. The Balaban J connectivity index is 1.47. The Kier molecular flexibility index (Phi) is 7.32. The van der Waals surface area contributed by atoms with E-state index in [-0.39, 0.29) is 29.9 Å². The molecule has 2 N–H and O–H groups in total. The Morgan fingerprint density at radius 3 is 2.64 bits per heavy atom. The molecule has 0 spiro atoms. The summed E-state index contributed by atoms with van der Waals surface area (Å²) in [6, 6.07) is 9.37. The highest BCUT2D eigenvalue weighted by Crippen LogP contribution is 2.36. The van der Waals surface area contributed by atoms with Crippen LogP contribution in [0, 0.1) is 12.8 Å². The van der Waals surface area contributed by atoms with Gasteiger partial charge in [-0.3, -0.25) is 9.59 Å². The number of aryl methyl sites for hydroxylation is 1. The summed E-state index contributed by atoms with van der Waals surface area (Å²) in [5.41, 5.74) is 1.79. The second-order valence-corrected chi connectivity index (χ2v) is 10.8. The molecule has 0 unspecified atom stereocenters. The molecule has 0 radical (unpaired) electrons. The molecule has 2 amide bonds. The van der Waals surface area contributed by atoms with E-state index >= 15 is 0 Å². The number of rotatable bonds is 6. The number of piperidine rings is 1. The minimum Gasteiger partial charge on any atom is -0.479 e. The number of carbonyl (C=O) groups is 3. The van der Waals surface area contributed by atoms with Gasteiger partial charge in [0, 0.05) is 24.8 Å². The monoisotopic (exact) mass is 515 g/mol. The molecular weight excluding hydrogens is 486 g/mol. The van der Waals surface area contributed by atoms with Crippen LogP contribution < -0.4 is 15.4 Å². The number of sulfonamides is 1. The van der Waals surface area contributed by atoms with E-state index in [1.165, 1.54) is 10.4 Å². The number of hydrogen-bond donors (Lipinski definition) is 2. The van der Waals surface area contributed by atoms with Crippen molar-refractivity contribution in [2.75, 3.05) is 30.3 Å². The molecule has 1 saturated heterocycles. The van der Waals surface area contributed by atoms with Gasteiger partial charge in [-0.2, -0.15) is 4.31 Å². The second-order valence-electron chi connectivity index (χ2n) is 8.85. The smallest absolute Gasteiger partial charge is 0.338 e. The van der Waals surface area contributed by atoms with Crippen molar-refractivity contribution >= 4 is 39.2 Å². The average molecular weight is 516 g/mol. The van der Waals surface area contributed by atoms with E-state index in [0.717, 1.165) is 0 Å². The van der Waals surface area contributed by atoms with E-state index in [4.69, 9.17) is 9.47 Å². The van der Waals surface area contributed by atoms with Gasteiger partial charge in [0.25, 0.3) is 5.91 Å². The topological polar surface area (TPSA) is 131 Å². The lowest BCUT2D eigenvalue weighted by Crippen LogP contribution is -2.44. The molecule has 1 fully saturated rings. The number of ether oxygens (including phenoxy) is 2. The van der Waals surface area contributed by atoms with Gasteiger partial charge in [-0.05, 0) is 69.5 Å². The summed E-state index contributed by atoms with van der Waals surface area (Å²) in [6.45, 7) is 5.58. The lowest BCUT2D eigenvalue weighted by atomic mass is 9.98. The van der Waals surface area contributed by atoms with E-state index < -0.39 is 28.0 Å². The summed E-state index contributed by atoms with van der Waals surface area (Å²) in [5, 5.41) is 5.53. The number of anilines is 2. The van der Waals surface area contributed by atoms with Crippen molar-refractivity contribution in [2.45, 2.75) is 44.6 Å².